The van der Waals surface area contributed by atoms with Crippen molar-refractivity contribution in [2.24, 2.45) is 12.0 Å². The number of hydrogen-bond donors (Lipinski definition) is 2. The third-order valence-electron chi connectivity index (χ3n) is 4.96. The molecule has 0 saturated heterocycles. The summed E-state index contributed by atoms with van der Waals surface area (Å²) in [6.07, 6.45) is 1.88. The molecule has 0 amide bonds. The van der Waals surface area contributed by atoms with E-state index in [4.69, 9.17) is 19.2 Å². The zero-order chi connectivity index (χ0) is 23.3. The molecule has 2 aromatic rings. The van der Waals surface area contributed by atoms with Crippen molar-refractivity contribution in [2.45, 2.75) is 46.6 Å². The van der Waals surface area contributed by atoms with E-state index in [-0.39, 0.29) is 30.1 Å². The van der Waals surface area contributed by atoms with Crippen molar-refractivity contribution in [1.29, 1.82) is 0 Å². The molecule has 2 rings (SSSR count). The summed E-state index contributed by atoms with van der Waals surface area (Å²) < 4.78 is 18.2. The summed E-state index contributed by atoms with van der Waals surface area (Å²) in [7, 11) is 3.66. The van der Waals surface area contributed by atoms with Gasteiger partial charge in [0.2, 0.25) is 0 Å². The average Bonchev–Trinajstić information content (AvgIpc) is 2.99. The molecule has 33 heavy (non-hydrogen) atoms. The number of ether oxygens (including phenoxy) is 3. The molecule has 1 aromatic heterocycles. The zero-order valence-corrected chi connectivity index (χ0v) is 23.1. The van der Waals surface area contributed by atoms with Crippen LogP contribution in [0.1, 0.15) is 37.2 Å². The van der Waals surface area contributed by atoms with Crippen LogP contribution in [0.3, 0.4) is 0 Å². The van der Waals surface area contributed by atoms with Crippen molar-refractivity contribution >= 4 is 35.6 Å². The van der Waals surface area contributed by atoms with E-state index in [2.05, 4.69) is 29.6 Å². The van der Waals surface area contributed by atoms with E-state index >= 15 is 0 Å². The molecule has 0 radical (unpaired) electrons. The van der Waals surface area contributed by atoms with Gasteiger partial charge in [-0.3, -0.25) is 9.67 Å². The lowest BCUT2D eigenvalue weighted by molar-refractivity contribution is 0.0702. The number of hydrogen-bond acceptors (Lipinski definition) is 5. The van der Waals surface area contributed by atoms with Crippen molar-refractivity contribution in [2.75, 3.05) is 45.3 Å². The Bertz CT molecular complexity index is 837. The van der Waals surface area contributed by atoms with Crippen molar-refractivity contribution in [3.63, 3.8) is 0 Å². The standard InChI is InChI=1S/C24H39N5O3.HI/c1-18(2)32-22-10-8-21(9-11-22)27-24(25-13-7-15-31-17-16-30-6)26-14-12-23-19(3)28-29(5)20(23)4;/h8-11,18H,7,12-17H2,1-6H3,(H2,25,26,27);1H. The number of anilines is 1. The highest BCUT2D eigenvalue weighted by Crippen LogP contribution is 2.17. The number of guanidine groups is 1. The van der Waals surface area contributed by atoms with Gasteiger partial charge in [-0.2, -0.15) is 5.10 Å². The van der Waals surface area contributed by atoms with E-state index in [1.54, 1.807) is 7.11 Å². The van der Waals surface area contributed by atoms with Crippen molar-refractivity contribution < 1.29 is 14.2 Å². The Morgan fingerprint density at radius 1 is 1.12 bits per heavy atom. The third kappa shape index (κ3) is 10.7. The quantitative estimate of drug-likeness (QED) is 0.163. The zero-order valence-electron chi connectivity index (χ0n) is 20.8. The van der Waals surface area contributed by atoms with Crippen LogP contribution in [-0.2, 0) is 22.9 Å². The maximum atomic E-state index is 5.73. The fraction of sp³-hybridized carbons (Fsp3) is 0.583. The second-order valence-electron chi connectivity index (χ2n) is 7.95. The average molecular weight is 574 g/mol. The Morgan fingerprint density at radius 3 is 2.45 bits per heavy atom. The SMILES string of the molecule is COCCOCCCN=C(NCCc1c(C)nn(C)c1C)Nc1ccc(OC(C)C)cc1.I. The molecule has 0 fully saturated rings. The molecule has 0 aliphatic rings. The van der Waals surface area contributed by atoms with E-state index in [0.29, 0.717) is 26.4 Å². The minimum absolute atomic E-state index is 0. The number of aryl methyl sites for hydroxylation is 2. The molecular formula is C24H40IN5O3. The minimum atomic E-state index is 0. The molecule has 0 spiro atoms. The lowest BCUT2D eigenvalue weighted by Gasteiger charge is -2.14. The highest BCUT2D eigenvalue weighted by molar-refractivity contribution is 14.0. The molecule has 0 aliphatic carbocycles. The van der Waals surface area contributed by atoms with Crippen molar-refractivity contribution in [3.05, 3.63) is 41.2 Å². The Labute approximate surface area is 215 Å². The van der Waals surface area contributed by atoms with Crippen LogP contribution in [0.2, 0.25) is 0 Å². The first-order chi connectivity index (χ1) is 15.4. The van der Waals surface area contributed by atoms with Crippen LogP contribution in [0.25, 0.3) is 0 Å². The lowest BCUT2D eigenvalue weighted by atomic mass is 10.1. The van der Waals surface area contributed by atoms with Gasteiger partial charge < -0.3 is 24.8 Å². The highest BCUT2D eigenvalue weighted by Gasteiger charge is 2.09. The molecule has 1 aromatic carbocycles. The molecule has 0 bridgehead atoms. The van der Waals surface area contributed by atoms with Gasteiger partial charge >= 0.3 is 0 Å². The highest BCUT2D eigenvalue weighted by atomic mass is 127. The molecule has 0 saturated carbocycles. The number of nitrogens with zero attached hydrogens (tertiary/aromatic N) is 3. The van der Waals surface area contributed by atoms with Gasteiger partial charge in [-0.05, 0) is 70.4 Å². The van der Waals surface area contributed by atoms with Crippen LogP contribution in [0.15, 0.2) is 29.3 Å². The van der Waals surface area contributed by atoms with Crippen LogP contribution in [-0.4, -0.2) is 61.9 Å². The second kappa shape index (κ2) is 15.9. The molecule has 2 N–H and O–H groups in total. The van der Waals surface area contributed by atoms with E-state index < -0.39 is 0 Å². The van der Waals surface area contributed by atoms with E-state index in [9.17, 15) is 0 Å². The Kier molecular flexibility index (Phi) is 14.1. The maximum Gasteiger partial charge on any atom is 0.195 e. The summed E-state index contributed by atoms with van der Waals surface area (Å²) in [5.74, 6) is 1.60. The molecular weight excluding hydrogens is 533 g/mol. The normalized spacial score (nSPS) is 11.4. The number of nitrogens with one attached hydrogen (secondary N) is 2. The molecule has 0 atom stereocenters. The number of benzene rings is 1. The monoisotopic (exact) mass is 573 g/mol. The van der Waals surface area contributed by atoms with Gasteiger partial charge in [0, 0.05) is 45.2 Å². The molecule has 0 unspecified atom stereocenters. The van der Waals surface area contributed by atoms with E-state index in [1.807, 2.05) is 49.8 Å². The van der Waals surface area contributed by atoms with Gasteiger partial charge in [0.15, 0.2) is 5.96 Å². The van der Waals surface area contributed by atoms with Crippen LogP contribution in [0, 0.1) is 13.8 Å². The van der Waals surface area contributed by atoms with Gasteiger partial charge in [0.05, 0.1) is 25.0 Å². The van der Waals surface area contributed by atoms with Gasteiger partial charge in [0.25, 0.3) is 0 Å². The largest absolute Gasteiger partial charge is 0.491 e. The van der Waals surface area contributed by atoms with Crippen molar-refractivity contribution in [1.82, 2.24) is 15.1 Å². The van der Waals surface area contributed by atoms with Crippen LogP contribution < -0.4 is 15.4 Å². The molecule has 9 heteroatoms. The second-order valence-corrected chi connectivity index (χ2v) is 7.95. The van der Waals surface area contributed by atoms with Crippen LogP contribution in [0.5, 0.6) is 5.75 Å². The van der Waals surface area contributed by atoms with E-state index in [1.165, 1.54) is 11.3 Å². The van der Waals surface area contributed by atoms with E-state index in [0.717, 1.165) is 42.5 Å². The Balaban J connectivity index is 0.00000544. The fourth-order valence-corrected chi connectivity index (χ4v) is 3.25. The predicted molar refractivity (Wildman–Crippen MR) is 145 cm³/mol. The Morgan fingerprint density at radius 2 is 1.85 bits per heavy atom. The molecule has 186 valence electrons. The topological polar surface area (TPSA) is 81.9 Å². The van der Waals surface area contributed by atoms with Crippen molar-refractivity contribution in [3.8, 4) is 5.75 Å². The smallest absolute Gasteiger partial charge is 0.195 e. The third-order valence-corrected chi connectivity index (χ3v) is 4.96. The Hall–Kier alpha value is -1.85. The van der Waals surface area contributed by atoms with Gasteiger partial charge in [0.1, 0.15) is 5.75 Å². The summed E-state index contributed by atoms with van der Waals surface area (Å²) in [4.78, 5) is 4.72. The van der Waals surface area contributed by atoms with Gasteiger partial charge in [-0.15, -0.1) is 24.0 Å². The number of aromatic nitrogens is 2. The first-order valence-corrected chi connectivity index (χ1v) is 11.3. The van der Waals surface area contributed by atoms with Crippen LogP contribution >= 0.6 is 24.0 Å². The summed E-state index contributed by atoms with van der Waals surface area (Å²) >= 11 is 0. The summed E-state index contributed by atoms with van der Waals surface area (Å²) in [6, 6.07) is 7.92. The number of rotatable bonds is 13. The van der Waals surface area contributed by atoms with Crippen LogP contribution in [0.4, 0.5) is 5.69 Å². The molecule has 8 nitrogen and oxygen atoms in total. The summed E-state index contributed by atoms with van der Waals surface area (Å²) in [5.41, 5.74) is 4.51. The first kappa shape index (κ1) is 29.2. The molecule has 1 heterocycles. The number of aliphatic imine (C=N–C) groups is 1. The first-order valence-electron chi connectivity index (χ1n) is 11.3. The van der Waals surface area contributed by atoms with Gasteiger partial charge in [-0.1, -0.05) is 0 Å². The number of methoxy groups -OCH3 is 1. The number of halogens is 1. The fourth-order valence-electron chi connectivity index (χ4n) is 3.25. The minimum Gasteiger partial charge on any atom is -0.491 e. The maximum absolute atomic E-state index is 5.73. The van der Waals surface area contributed by atoms with Gasteiger partial charge in [-0.25, -0.2) is 0 Å². The predicted octanol–water partition coefficient (Wildman–Crippen LogP) is 4.10. The summed E-state index contributed by atoms with van der Waals surface area (Å²) in [5, 5.41) is 11.3. The molecule has 0 aliphatic heterocycles. The summed E-state index contributed by atoms with van der Waals surface area (Å²) in [6.45, 7) is 11.5. The lowest BCUT2D eigenvalue weighted by Crippen LogP contribution is -2.33.